The molecule has 4 rings (SSSR count). The monoisotopic (exact) mass is 213 g/mol. The summed E-state index contributed by atoms with van der Waals surface area (Å²) in [4.78, 5) is 2.69. The summed E-state index contributed by atoms with van der Waals surface area (Å²) in [6, 6.07) is 12.7. The molecule has 1 saturated heterocycles. The van der Waals surface area contributed by atoms with Crippen LogP contribution in [0.25, 0.3) is 0 Å². The van der Waals surface area contributed by atoms with Crippen LogP contribution in [-0.2, 0) is 0 Å². The SMILES string of the molecule is C[C@@H]1[C@@H]2[C@H]3CC[C@H](C3)[C@@H]2N1c1ccccc1. The lowest BCUT2D eigenvalue weighted by Gasteiger charge is -2.57. The van der Waals surface area contributed by atoms with E-state index in [4.69, 9.17) is 0 Å². The van der Waals surface area contributed by atoms with E-state index in [1.807, 2.05) is 0 Å². The zero-order valence-electron chi connectivity index (χ0n) is 9.84. The number of rotatable bonds is 1. The molecule has 84 valence electrons. The lowest BCUT2D eigenvalue weighted by atomic mass is 9.71. The third-order valence-electron chi connectivity index (χ3n) is 5.31. The zero-order chi connectivity index (χ0) is 10.7. The van der Waals surface area contributed by atoms with Gasteiger partial charge >= 0.3 is 0 Å². The van der Waals surface area contributed by atoms with Crippen LogP contribution >= 0.6 is 0 Å². The number of hydrogen-bond donors (Lipinski definition) is 0. The standard InChI is InChI=1S/C15H19N/c1-10-14-11-7-8-12(9-11)15(14)16(10)13-5-3-2-4-6-13/h2-6,10-12,14-15H,7-9H2,1H3/t10-,11+,12-,14-,15+/m1/s1. The summed E-state index contributed by atoms with van der Waals surface area (Å²) >= 11 is 0. The van der Waals surface area contributed by atoms with Gasteiger partial charge in [0.1, 0.15) is 0 Å². The molecule has 2 aliphatic carbocycles. The molecule has 1 aliphatic heterocycles. The smallest absolute Gasteiger partial charge is 0.0371 e. The molecular weight excluding hydrogens is 194 g/mol. The van der Waals surface area contributed by atoms with Crippen LogP contribution in [0.1, 0.15) is 26.2 Å². The van der Waals surface area contributed by atoms with Gasteiger partial charge in [0.2, 0.25) is 0 Å². The van der Waals surface area contributed by atoms with Gasteiger partial charge in [0.15, 0.2) is 0 Å². The van der Waals surface area contributed by atoms with Crippen LogP contribution < -0.4 is 4.90 Å². The highest BCUT2D eigenvalue weighted by molar-refractivity contribution is 5.53. The Morgan fingerprint density at radius 3 is 2.62 bits per heavy atom. The van der Waals surface area contributed by atoms with Gasteiger partial charge in [0.25, 0.3) is 0 Å². The van der Waals surface area contributed by atoms with Gasteiger partial charge in [-0.3, -0.25) is 0 Å². The van der Waals surface area contributed by atoms with Crippen molar-refractivity contribution in [1.29, 1.82) is 0 Å². The van der Waals surface area contributed by atoms with Gasteiger partial charge in [-0.05, 0) is 50.2 Å². The van der Waals surface area contributed by atoms with E-state index in [1.54, 1.807) is 0 Å². The van der Waals surface area contributed by atoms with Gasteiger partial charge in [-0.25, -0.2) is 0 Å². The maximum atomic E-state index is 2.69. The van der Waals surface area contributed by atoms with Crippen molar-refractivity contribution in [2.24, 2.45) is 17.8 Å². The van der Waals surface area contributed by atoms with Crippen molar-refractivity contribution in [2.75, 3.05) is 4.90 Å². The van der Waals surface area contributed by atoms with E-state index >= 15 is 0 Å². The van der Waals surface area contributed by atoms with Crippen LogP contribution in [0, 0.1) is 17.8 Å². The summed E-state index contributed by atoms with van der Waals surface area (Å²) in [5.41, 5.74) is 1.45. The Bertz CT molecular complexity index is 399. The Morgan fingerprint density at radius 2 is 1.81 bits per heavy atom. The third-order valence-corrected chi connectivity index (χ3v) is 5.31. The highest BCUT2D eigenvalue weighted by atomic mass is 15.3. The summed E-state index contributed by atoms with van der Waals surface area (Å²) in [5.74, 6) is 3.08. The molecule has 0 aromatic heterocycles. The molecule has 0 N–H and O–H groups in total. The maximum absolute atomic E-state index is 2.69. The molecule has 1 aromatic rings. The van der Waals surface area contributed by atoms with E-state index in [0.29, 0.717) is 0 Å². The molecular formula is C15H19N. The topological polar surface area (TPSA) is 3.24 Å². The van der Waals surface area contributed by atoms with Gasteiger partial charge in [0, 0.05) is 23.7 Å². The largest absolute Gasteiger partial charge is 0.365 e. The first-order valence-corrected chi connectivity index (χ1v) is 6.69. The van der Waals surface area contributed by atoms with Crippen LogP contribution in [0.4, 0.5) is 5.69 Å². The molecule has 3 fully saturated rings. The predicted octanol–water partition coefficient (Wildman–Crippen LogP) is 3.31. The molecule has 0 spiro atoms. The number of hydrogen-bond acceptors (Lipinski definition) is 1. The van der Waals surface area contributed by atoms with Gasteiger partial charge in [-0.2, -0.15) is 0 Å². The van der Waals surface area contributed by atoms with E-state index in [1.165, 1.54) is 24.9 Å². The number of benzene rings is 1. The molecule has 2 bridgehead atoms. The summed E-state index contributed by atoms with van der Waals surface area (Å²) in [6.07, 6.45) is 4.52. The highest BCUT2D eigenvalue weighted by Gasteiger charge is 2.60. The van der Waals surface area contributed by atoms with E-state index in [2.05, 4.69) is 42.2 Å². The van der Waals surface area contributed by atoms with Crippen molar-refractivity contribution in [3.05, 3.63) is 30.3 Å². The molecule has 2 saturated carbocycles. The predicted molar refractivity (Wildman–Crippen MR) is 66.5 cm³/mol. The van der Waals surface area contributed by atoms with Crippen molar-refractivity contribution in [3.8, 4) is 0 Å². The van der Waals surface area contributed by atoms with E-state index in [-0.39, 0.29) is 0 Å². The fourth-order valence-corrected chi connectivity index (χ4v) is 4.76. The van der Waals surface area contributed by atoms with Crippen LogP contribution in [0.3, 0.4) is 0 Å². The van der Waals surface area contributed by atoms with Crippen molar-refractivity contribution in [1.82, 2.24) is 0 Å². The van der Waals surface area contributed by atoms with Gasteiger partial charge in [0.05, 0.1) is 0 Å². The molecule has 1 heteroatoms. The highest BCUT2D eigenvalue weighted by Crippen LogP contribution is 2.59. The van der Waals surface area contributed by atoms with Crippen molar-refractivity contribution in [3.63, 3.8) is 0 Å². The zero-order valence-corrected chi connectivity index (χ0v) is 9.84. The van der Waals surface area contributed by atoms with Crippen molar-refractivity contribution < 1.29 is 0 Å². The average molecular weight is 213 g/mol. The fourth-order valence-electron chi connectivity index (χ4n) is 4.76. The van der Waals surface area contributed by atoms with Gasteiger partial charge in [-0.1, -0.05) is 18.2 Å². The Hall–Kier alpha value is -0.980. The quantitative estimate of drug-likeness (QED) is 0.692. The number of para-hydroxylation sites is 1. The van der Waals surface area contributed by atoms with Gasteiger partial charge in [-0.15, -0.1) is 0 Å². The Labute approximate surface area is 97.5 Å². The lowest BCUT2D eigenvalue weighted by molar-refractivity contribution is 0.143. The Balaban J connectivity index is 1.68. The fraction of sp³-hybridized carbons (Fsp3) is 0.600. The Morgan fingerprint density at radius 1 is 1.06 bits per heavy atom. The van der Waals surface area contributed by atoms with Gasteiger partial charge < -0.3 is 4.90 Å². The molecule has 3 aliphatic rings. The Kier molecular flexibility index (Phi) is 1.72. The maximum Gasteiger partial charge on any atom is 0.0371 e. The second kappa shape index (κ2) is 3.03. The first kappa shape index (κ1) is 9.09. The molecule has 0 unspecified atom stereocenters. The summed E-state index contributed by atoms with van der Waals surface area (Å²) in [5, 5.41) is 0. The summed E-state index contributed by atoms with van der Waals surface area (Å²) in [6.45, 7) is 2.43. The summed E-state index contributed by atoms with van der Waals surface area (Å²) in [7, 11) is 0. The molecule has 1 heterocycles. The number of fused-ring (bicyclic) bond motifs is 5. The van der Waals surface area contributed by atoms with Crippen LogP contribution in [0.2, 0.25) is 0 Å². The van der Waals surface area contributed by atoms with Crippen LogP contribution in [0.5, 0.6) is 0 Å². The number of anilines is 1. The minimum atomic E-state index is 0.780. The van der Waals surface area contributed by atoms with E-state index in [9.17, 15) is 0 Å². The molecule has 0 radical (unpaired) electrons. The molecule has 1 aromatic carbocycles. The second-order valence-electron chi connectivity index (χ2n) is 5.88. The third kappa shape index (κ3) is 0.971. The van der Waals surface area contributed by atoms with Crippen molar-refractivity contribution in [2.45, 2.75) is 38.3 Å². The normalized spacial score (nSPS) is 44.3. The van der Waals surface area contributed by atoms with Crippen LogP contribution in [-0.4, -0.2) is 12.1 Å². The molecule has 5 atom stereocenters. The van der Waals surface area contributed by atoms with E-state index in [0.717, 1.165) is 29.8 Å². The number of nitrogens with zero attached hydrogens (tertiary/aromatic N) is 1. The molecule has 16 heavy (non-hydrogen) atoms. The molecule has 1 nitrogen and oxygen atoms in total. The molecule has 0 amide bonds. The summed E-state index contributed by atoms with van der Waals surface area (Å²) < 4.78 is 0. The lowest BCUT2D eigenvalue weighted by Crippen LogP contribution is -2.65. The second-order valence-corrected chi connectivity index (χ2v) is 5.88. The van der Waals surface area contributed by atoms with E-state index < -0.39 is 0 Å². The first-order valence-electron chi connectivity index (χ1n) is 6.69. The first-order chi connectivity index (χ1) is 7.86. The minimum Gasteiger partial charge on any atom is -0.365 e. The van der Waals surface area contributed by atoms with Crippen LogP contribution in [0.15, 0.2) is 30.3 Å². The minimum absolute atomic E-state index is 0.780. The average Bonchev–Trinajstić information content (AvgIpc) is 2.87. The van der Waals surface area contributed by atoms with Crippen molar-refractivity contribution >= 4 is 5.69 Å².